The van der Waals surface area contributed by atoms with Crippen LogP contribution in [-0.2, 0) is 24.0 Å². The topological polar surface area (TPSA) is 46.5 Å². The maximum atomic E-state index is 12.7. The average molecular weight is 312 g/mol. The van der Waals surface area contributed by atoms with Crippen molar-refractivity contribution in [3.05, 3.63) is 70.8 Å². The van der Waals surface area contributed by atoms with Crippen LogP contribution in [0.2, 0.25) is 0 Å². The summed E-state index contributed by atoms with van der Waals surface area (Å²) < 4.78 is 4.25. The first-order chi connectivity index (χ1) is 11.2. The summed E-state index contributed by atoms with van der Waals surface area (Å²) in [6.45, 7) is 0. The van der Waals surface area contributed by atoms with Gasteiger partial charge in [0, 0.05) is 32.3 Å². The number of benzene rings is 2. The molecule has 1 spiro atoms. The molecule has 23 heavy (non-hydrogen) atoms. The lowest BCUT2D eigenvalue weighted by Crippen LogP contribution is -2.28. The number of aliphatic hydroxyl groups is 1. The summed E-state index contributed by atoms with van der Waals surface area (Å²) in [6.07, 6.45) is 2.74. The molecule has 2 aromatic rings. The minimum atomic E-state index is -0.173. The molecule has 2 aromatic carbocycles. The van der Waals surface area contributed by atoms with Gasteiger partial charge in [0.05, 0.1) is 0 Å². The van der Waals surface area contributed by atoms with Crippen molar-refractivity contribution in [3.8, 4) is 0 Å². The SMILES string of the molecule is CO.COC.O=C1c2ccccc2CC12Cc1ccccc1C2. The molecule has 122 valence electrons. The van der Waals surface area contributed by atoms with Crippen molar-refractivity contribution < 1.29 is 14.6 Å². The quantitative estimate of drug-likeness (QED) is 0.813. The van der Waals surface area contributed by atoms with Gasteiger partial charge in [0.1, 0.15) is 0 Å². The summed E-state index contributed by atoms with van der Waals surface area (Å²) in [5, 5.41) is 7.00. The van der Waals surface area contributed by atoms with Crippen LogP contribution in [-0.4, -0.2) is 32.2 Å². The van der Waals surface area contributed by atoms with E-state index in [-0.39, 0.29) is 5.41 Å². The molecule has 3 nitrogen and oxygen atoms in total. The molecule has 0 saturated heterocycles. The van der Waals surface area contributed by atoms with Crippen molar-refractivity contribution in [1.82, 2.24) is 0 Å². The summed E-state index contributed by atoms with van der Waals surface area (Å²) >= 11 is 0. The highest BCUT2D eigenvalue weighted by atomic mass is 16.4. The molecule has 1 N–H and O–H groups in total. The van der Waals surface area contributed by atoms with E-state index >= 15 is 0 Å². The maximum Gasteiger partial charge on any atom is 0.170 e. The van der Waals surface area contributed by atoms with Crippen LogP contribution in [0.5, 0.6) is 0 Å². The molecule has 0 amide bonds. The van der Waals surface area contributed by atoms with E-state index in [9.17, 15) is 4.79 Å². The second kappa shape index (κ2) is 7.53. The van der Waals surface area contributed by atoms with E-state index in [0.717, 1.165) is 31.9 Å². The van der Waals surface area contributed by atoms with Crippen molar-refractivity contribution in [2.24, 2.45) is 5.41 Å². The summed E-state index contributed by atoms with van der Waals surface area (Å²) in [5.74, 6) is 0.356. The fourth-order valence-corrected chi connectivity index (χ4v) is 3.61. The first kappa shape index (κ1) is 17.4. The molecule has 3 heteroatoms. The minimum absolute atomic E-state index is 0.173. The molecular formula is C20H24O3. The van der Waals surface area contributed by atoms with Gasteiger partial charge in [0.2, 0.25) is 0 Å². The molecule has 0 unspecified atom stereocenters. The molecular weight excluding hydrogens is 288 g/mol. The first-order valence-corrected chi connectivity index (χ1v) is 7.74. The van der Waals surface area contributed by atoms with Gasteiger partial charge in [0.15, 0.2) is 5.78 Å². The van der Waals surface area contributed by atoms with Crippen LogP contribution in [0, 0.1) is 5.41 Å². The van der Waals surface area contributed by atoms with Crippen LogP contribution in [0.25, 0.3) is 0 Å². The molecule has 0 atom stereocenters. The lowest BCUT2D eigenvalue weighted by Gasteiger charge is -2.20. The van der Waals surface area contributed by atoms with Gasteiger partial charge in [-0.2, -0.15) is 0 Å². The van der Waals surface area contributed by atoms with Crippen molar-refractivity contribution in [1.29, 1.82) is 0 Å². The number of Topliss-reactive ketones (excluding diaryl/α,β-unsaturated/α-hetero) is 1. The fourth-order valence-electron chi connectivity index (χ4n) is 3.61. The normalized spacial score (nSPS) is 15.9. The Bertz CT molecular complexity index is 646. The number of hydrogen-bond acceptors (Lipinski definition) is 3. The molecule has 0 radical (unpaired) electrons. The van der Waals surface area contributed by atoms with Crippen molar-refractivity contribution in [3.63, 3.8) is 0 Å². The third kappa shape index (κ3) is 3.21. The monoisotopic (exact) mass is 312 g/mol. The summed E-state index contributed by atoms with van der Waals surface area (Å²) in [6, 6.07) is 16.6. The molecule has 0 fully saturated rings. The van der Waals surface area contributed by atoms with Gasteiger partial charge in [-0.1, -0.05) is 48.5 Å². The lowest BCUT2D eigenvalue weighted by atomic mass is 9.81. The predicted octanol–water partition coefficient (Wildman–Crippen LogP) is 3.08. The summed E-state index contributed by atoms with van der Waals surface area (Å²) in [4.78, 5) is 12.7. The van der Waals surface area contributed by atoms with Gasteiger partial charge < -0.3 is 9.84 Å². The predicted molar refractivity (Wildman–Crippen MR) is 91.8 cm³/mol. The number of ketones is 1. The number of fused-ring (bicyclic) bond motifs is 2. The molecule has 2 aliphatic carbocycles. The Morgan fingerprint density at radius 3 is 1.70 bits per heavy atom. The largest absolute Gasteiger partial charge is 0.400 e. The Kier molecular flexibility index (Phi) is 5.69. The summed E-state index contributed by atoms with van der Waals surface area (Å²) in [7, 11) is 4.25. The maximum absolute atomic E-state index is 12.7. The number of hydrogen-bond donors (Lipinski definition) is 1. The molecule has 0 bridgehead atoms. The van der Waals surface area contributed by atoms with Crippen LogP contribution in [0.4, 0.5) is 0 Å². The van der Waals surface area contributed by atoms with Crippen LogP contribution in [0.3, 0.4) is 0 Å². The number of ether oxygens (including phenoxy) is 1. The zero-order valence-corrected chi connectivity index (χ0v) is 14.0. The van der Waals surface area contributed by atoms with Crippen LogP contribution in [0.15, 0.2) is 48.5 Å². The molecule has 0 heterocycles. The number of carbonyl (C=O) groups excluding carboxylic acids is 1. The number of aliphatic hydroxyl groups excluding tert-OH is 1. The number of rotatable bonds is 0. The van der Waals surface area contributed by atoms with E-state index in [1.807, 2.05) is 18.2 Å². The zero-order chi connectivity index (χ0) is 16.9. The lowest BCUT2D eigenvalue weighted by molar-refractivity contribution is 0.0831. The molecule has 2 aliphatic rings. The standard InChI is InChI=1S/C17H14O.C2H6O.CH4O/c18-16-15-8-4-3-7-14(15)11-17(16)9-12-5-1-2-6-13(12)10-17;1-3-2;1-2/h1-8H,9-11H2;1-2H3;2H,1H3. The first-order valence-electron chi connectivity index (χ1n) is 7.74. The Labute approximate surface area is 137 Å². The van der Waals surface area contributed by atoms with Crippen molar-refractivity contribution in [2.75, 3.05) is 21.3 Å². The zero-order valence-electron chi connectivity index (χ0n) is 14.0. The van der Waals surface area contributed by atoms with Gasteiger partial charge in [-0.3, -0.25) is 4.79 Å². The fraction of sp³-hybridized carbons (Fsp3) is 0.350. The van der Waals surface area contributed by atoms with Crippen molar-refractivity contribution in [2.45, 2.75) is 19.3 Å². The van der Waals surface area contributed by atoms with Crippen molar-refractivity contribution >= 4 is 5.78 Å². The van der Waals surface area contributed by atoms with E-state index in [4.69, 9.17) is 5.11 Å². The molecule has 4 rings (SSSR count). The second-order valence-corrected chi connectivity index (χ2v) is 5.97. The van der Waals surface area contributed by atoms with Gasteiger partial charge >= 0.3 is 0 Å². The van der Waals surface area contributed by atoms with Gasteiger partial charge in [0.25, 0.3) is 0 Å². The highest BCUT2D eigenvalue weighted by Crippen LogP contribution is 2.46. The second-order valence-electron chi connectivity index (χ2n) is 5.97. The number of methoxy groups -OCH3 is 1. The van der Waals surface area contributed by atoms with Gasteiger partial charge in [-0.25, -0.2) is 0 Å². The van der Waals surface area contributed by atoms with E-state index in [2.05, 4.69) is 35.1 Å². The number of carbonyl (C=O) groups is 1. The van der Waals surface area contributed by atoms with E-state index in [1.54, 1.807) is 14.2 Å². The molecule has 0 aliphatic heterocycles. The molecule has 0 saturated carbocycles. The highest BCUT2D eigenvalue weighted by molar-refractivity contribution is 6.05. The third-order valence-corrected chi connectivity index (χ3v) is 4.45. The van der Waals surface area contributed by atoms with Crippen LogP contribution in [0.1, 0.15) is 27.0 Å². The average Bonchev–Trinajstić information content (AvgIpc) is 3.08. The van der Waals surface area contributed by atoms with E-state index in [1.165, 1.54) is 16.7 Å². The minimum Gasteiger partial charge on any atom is -0.400 e. The Morgan fingerprint density at radius 2 is 1.22 bits per heavy atom. The van der Waals surface area contributed by atoms with E-state index < -0.39 is 0 Å². The smallest absolute Gasteiger partial charge is 0.170 e. The molecule has 0 aromatic heterocycles. The summed E-state index contributed by atoms with van der Waals surface area (Å²) in [5.41, 5.74) is 4.73. The van der Waals surface area contributed by atoms with Gasteiger partial charge in [-0.05, 0) is 36.0 Å². The van der Waals surface area contributed by atoms with E-state index in [0.29, 0.717) is 5.78 Å². The Balaban J connectivity index is 0.000000348. The van der Waals surface area contributed by atoms with Gasteiger partial charge in [-0.15, -0.1) is 0 Å². The highest BCUT2D eigenvalue weighted by Gasteiger charge is 2.48. The third-order valence-electron chi connectivity index (χ3n) is 4.45. The van der Waals surface area contributed by atoms with Crippen LogP contribution < -0.4 is 0 Å². The Hall–Kier alpha value is -1.97. The van der Waals surface area contributed by atoms with Crippen LogP contribution >= 0.6 is 0 Å². The Morgan fingerprint density at radius 1 is 0.826 bits per heavy atom.